The maximum Gasteiger partial charge on any atom is 0.435 e. The maximum absolute atomic E-state index is 14.1. The first-order valence-electron chi connectivity index (χ1n) is 16.8. The van der Waals surface area contributed by atoms with E-state index in [0.29, 0.717) is 42.8 Å². The van der Waals surface area contributed by atoms with Gasteiger partial charge >= 0.3 is 6.09 Å². The number of halogens is 2. The van der Waals surface area contributed by atoms with Crippen LogP contribution < -0.4 is 15.5 Å². The molecule has 14 nitrogen and oxygen atoms in total. The van der Waals surface area contributed by atoms with Crippen LogP contribution in [0.5, 0.6) is 0 Å². The Morgan fingerprint density at radius 2 is 1.76 bits per heavy atom. The summed E-state index contributed by atoms with van der Waals surface area (Å²) >= 11 is 0. The number of nitrogens with one attached hydrogen (secondary N) is 2. The van der Waals surface area contributed by atoms with Crippen LogP contribution in [0, 0.1) is 11.6 Å². The summed E-state index contributed by atoms with van der Waals surface area (Å²) in [5.41, 5.74) is 2.38. The van der Waals surface area contributed by atoms with Crippen LogP contribution in [-0.2, 0) is 37.2 Å². The minimum absolute atomic E-state index is 0.000326. The quantitative estimate of drug-likeness (QED) is 0.234. The molecule has 1 fully saturated rings. The van der Waals surface area contributed by atoms with Crippen molar-refractivity contribution in [3.05, 3.63) is 64.9 Å². The van der Waals surface area contributed by atoms with Gasteiger partial charge in [0.1, 0.15) is 18.2 Å². The van der Waals surface area contributed by atoms with Gasteiger partial charge in [-0.25, -0.2) is 22.0 Å². The van der Waals surface area contributed by atoms with Crippen LogP contribution in [0.3, 0.4) is 0 Å². The summed E-state index contributed by atoms with van der Waals surface area (Å²) in [6, 6.07) is 7.60. The highest BCUT2D eigenvalue weighted by molar-refractivity contribution is 7.89. The van der Waals surface area contributed by atoms with Gasteiger partial charge in [-0.2, -0.15) is 8.99 Å². The molecule has 2 aliphatic rings. The molecule has 5 rings (SSSR count). The van der Waals surface area contributed by atoms with Crippen molar-refractivity contribution in [2.24, 2.45) is 0 Å². The Morgan fingerprint density at radius 1 is 1.04 bits per heavy atom. The van der Waals surface area contributed by atoms with Gasteiger partial charge in [0, 0.05) is 88.5 Å². The highest BCUT2D eigenvalue weighted by Gasteiger charge is 2.35. The van der Waals surface area contributed by atoms with Gasteiger partial charge in [-0.3, -0.25) is 4.79 Å². The number of anilines is 3. The molecule has 3 aromatic rings. The molecule has 51 heavy (non-hydrogen) atoms. The number of carbonyl (C=O) groups is 2. The number of fused-ring (bicyclic) bond motifs is 1. The highest BCUT2D eigenvalue weighted by atomic mass is 32.2. The molecule has 0 atom stereocenters. The molecular formula is C34H45F2N7O7S. The number of benzene rings is 2. The summed E-state index contributed by atoms with van der Waals surface area (Å²) in [4.78, 5) is 30.8. The number of amides is 1. The van der Waals surface area contributed by atoms with Crippen LogP contribution >= 0.6 is 0 Å². The molecule has 0 aliphatic carbocycles. The molecule has 278 valence electrons. The molecule has 0 bridgehead atoms. The second-order valence-corrected chi connectivity index (χ2v) is 14.6. The zero-order valence-electron chi connectivity index (χ0n) is 29.3. The van der Waals surface area contributed by atoms with Crippen molar-refractivity contribution in [3.63, 3.8) is 0 Å². The first-order valence-corrected chi connectivity index (χ1v) is 18.3. The number of nitrogens with zero attached hydrogens (tertiary/aromatic N) is 5. The summed E-state index contributed by atoms with van der Waals surface area (Å²) in [7, 11) is 1.58. The van der Waals surface area contributed by atoms with E-state index in [0.717, 1.165) is 52.7 Å². The second kappa shape index (κ2) is 16.9. The zero-order chi connectivity index (χ0) is 36.7. The molecule has 17 heteroatoms. The van der Waals surface area contributed by atoms with Crippen LogP contribution in [0.25, 0.3) is 0 Å². The molecule has 0 saturated carbocycles. The smallest absolute Gasteiger partial charge is 0.435 e. The predicted octanol–water partition coefficient (Wildman–Crippen LogP) is 3.77. The van der Waals surface area contributed by atoms with E-state index in [1.165, 1.54) is 0 Å². The van der Waals surface area contributed by atoms with E-state index in [-0.39, 0.29) is 50.1 Å². The second-order valence-electron chi connectivity index (χ2n) is 12.6. The van der Waals surface area contributed by atoms with E-state index >= 15 is 0 Å². The Bertz CT molecular complexity index is 1800. The monoisotopic (exact) mass is 733 g/mol. The van der Waals surface area contributed by atoms with Gasteiger partial charge in [0.25, 0.3) is 5.91 Å². The molecule has 1 amide bonds. The van der Waals surface area contributed by atoms with E-state index in [4.69, 9.17) is 14.2 Å². The lowest BCUT2D eigenvalue weighted by Gasteiger charge is -2.28. The first-order chi connectivity index (χ1) is 24.4. The lowest BCUT2D eigenvalue weighted by Crippen LogP contribution is -2.37. The lowest BCUT2D eigenvalue weighted by molar-refractivity contribution is 0.0777. The maximum atomic E-state index is 14.1. The van der Waals surface area contributed by atoms with Crippen LogP contribution in [0.1, 0.15) is 41.4 Å². The number of carbonyl (C=O) groups excluding carboxylic acids is 2. The van der Waals surface area contributed by atoms with Crippen molar-refractivity contribution >= 4 is 39.2 Å². The fraction of sp³-hybridized carbons (Fsp3) is 0.500. The summed E-state index contributed by atoms with van der Waals surface area (Å²) in [6.45, 7) is 4.65. The molecule has 1 saturated heterocycles. The Kier molecular flexibility index (Phi) is 12.6. The van der Waals surface area contributed by atoms with Gasteiger partial charge in [0.15, 0.2) is 5.82 Å². The van der Waals surface area contributed by atoms with E-state index in [1.54, 1.807) is 13.0 Å². The topological polar surface area (TPSA) is 148 Å². The van der Waals surface area contributed by atoms with Gasteiger partial charge in [-0.15, -0.1) is 5.10 Å². The van der Waals surface area contributed by atoms with Crippen molar-refractivity contribution < 1.29 is 41.0 Å². The molecule has 0 radical (unpaired) electrons. The lowest BCUT2D eigenvalue weighted by atomic mass is 10.1. The Balaban J connectivity index is 1.47. The number of hydrogen-bond donors (Lipinski definition) is 2. The average molecular weight is 734 g/mol. The molecular weight excluding hydrogens is 688 g/mol. The van der Waals surface area contributed by atoms with Crippen LogP contribution in [-0.4, -0.2) is 119 Å². The molecule has 2 N–H and O–H groups in total. The Morgan fingerprint density at radius 3 is 2.45 bits per heavy atom. The largest absolute Gasteiger partial charge is 0.445 e. The summed E-state index contributed by atoms with van der Waals surface area (Å²) in [5, 5.41) is 10.7. The van der Waals surface area contributed by atoms with Gasteiger partial charge in [0.05, 0.1) is 22.8 Å². The third kappa shape index (κ3) is 9.39. The molecule has 0 unspecified atom stereocenters. The average Bonchev–Trinajstić information content (AvgIpc) is 3.46. The van der Waals surface area contributed by atoms with Crippen LogP contribution in [0.15, 0.2) is 41.3 Å². The third-order valence-electron chi connectivity index (χ3n) is 8.71. The molecule has 3 heterocycles. The standard InChI is InChI=1S/C34H45F2N7O7S/c1-5-48-16-17-50-34(45)43-31-8-11-42(51(46,47)27-19-23(35)18-24(36)20-27)22-29(31)32(39-43)38-33(44)28-7-6-26(41(4)13-12-40(2)3)21-30(28)37-25-9-14-49-15-10-25/h6-7,18-21,25,37H,5,8-17,22H2,1-4H3,(H,38,39,44). The van der Waals surface area contributed by atoms with Crippen molar-refractivity contribution in [1.82, 2.24) is 19.0 Å². The van der Waals surface area contributed by atoms with E-state index < -0.39 is 38.6 Å². The number of likely N-dealkylation sites (N-methyl/N-ethyl adjacent to an activating group) is 2. The van der Waals surface area contributed by atoms with E-state index in [2.05, 4.69) is 25.5 Å². The van der Waals surface area contributed by atoms with Crippen molar-refractivity contribution in [3.8, 4) is 0 Å². The van der Waals surface area contributed by atoms with E-state index in [9.17, 15) is 26.8 Å². The van der Waals surface area contributed by atoms with Gasteiger partial charge < -0.3 is 34.6 Å². The first kappa shape index (κ1) is 38.1. The van der Waals surface area contributed by atoms with Crippen molar-refractivity contribution in [2.75, 3.05) is 89.3 Å². The van der Waals surface area contributed by atoms with Gasteiger partial charge in [-0.05, 0) is 64.2 Å². The van der Waals surface area contributed by atoms with E-state index in [1.807, 2.05) is 33.3 Å². The number of hydrogen-bond acceptors (Lipinski definition) is 11. The minimum atomic E-state index is -4.38. The summed E-state index contributed by atoms with van der Waals surface area (Å²) in [5.74, 6) is -2.67. The van der Waals surface area contributed by atoms with Crippen molar-refractivity contribution in [1.29, 1.82) is 0 Å². The Hall–Kier alpha value is -4.16. The van der Waals surface area contributed by atoms with Gasteiger partial charge in [-0.1, -0.05) is 0 Å². The fourth-order valence-corrected chi connectivity index (χ4v) is 7.33. The number of rotatable bonds is 14. The predicted molar refractivity (Wildman–Crippen MR) is 187 cm³/mol. The SMILES string of the molecule is CCOCCOC(=O)n1nc(NC(=O)c2ccc(N(C)CCN(C)C)cc2NC2CCOCC2)c2c1CCN(S(=O)(=O)c1cc(F)cc(F)c1)C2. The van der Waals surface area contributed by atoms with Crippen LogP contribution in [0.2, 0.25) is 0 Å². The molecule has 2 aliphatic heterocycles. The fourth-order valence-electron chi connectivity index (χ4n) is 5.87. The minimum Gasteiger partial charge on any atom is -0.445 e. The Labute approximate surface area is 296 Å². The normalized spacial score (nSPS) is 15.4. The molecule has 0 spiro atoms. The third-order valence-corrected chi connectivity index (χ3v) is 10.5. The molecule has 1 aromatic heterocycles. The molecule has 2 aromatic carbocycles. The number of aromatic nitrogens is 2. The van der Waals surface area contributed by atoms with Crippen LogP contribution in [0.4, 0.5) is 30.8 Å². The summed E-state index contributed by atoms with van der Waals surface area (Å²) in [6.07, 6.45) is 0.678. The highest BCUT2D eigenvalue weighted by Crippen LogP contribution is 2.32. The number of sulfonamides is 1. The zero-order valence-corrected chi connectivity index (χ0v) is 30.1. The van der Waals surface area contributed by atoms with Gasteiger partial charge in [0.2, 0.25) is 10.0 Å². The van der Waals surface area contributed by atoms with Crippen molar-refractivity contribution in [2.45, 2.75) is 43.7 Å². The number of ether oxygens (including phenoxy) is 3. The summed E-state index contributed by atoms with van der Waals surface area (Å²) < 4.78 is 73.3.